The second kappa shape index (κ2) is 12.2. The Bertz CT molecular complexity index is 1220. The summed E-state index contributed by atoms with van der Waals surface area (Å²) in [5, 5.41) is 24.0. The molecule has 0 aliphatic carbocycles. The standard InChI is InChI=1S/C28H30Cl2FNO4/c1-17(21-6-4-5-7-22(21)23-10-9-19(27(34)35)13-26(23)31)36-16-20(33)15-32-28(2,3)14-18-8-11-24(29)25(30)12-18/h4-13,17,20,32-33H,14-16H2,1-3H3,(H,34,35)/t17-,20-/m1/s1. The summed E-state index contributed by atoms with van der Waals surface area (Å²) in [7, 11) is 0. The zero-order chi connectivity index (χ0) is 26.5. The van der Waals surface area contributed by atoms with E-state index in [0.717, 1.165) is 17.2 Å². The average Bonchev–Trinajstić information content (AvgIpc) is 2.83. The van der Waals surface area contributed by atoms with Gasteiger partial charge in [0.2, 0.25) is 0 Å². The zero-order valence-electron chi connectivity index (χ0n) is 20.4. The number of hydrogen-bond donors (Lipinski definition) is 3. The van der Waals surface area contributed by atoms with Gasteiger partial charge in [0.1, 0.15) is 5.82 Å². The van der Waals surface area contributed by atoms with Crippen LogP contribution in [-0.2, 0) is 11.2 Å². The number of rotatable bonds is 11. The highest BCUT2D eigenvalue weighted by atomic mass is 35.5. The van der Waals surface area contributed by atoms with Gasteiger partial charge in [-0.25, -0.2) is 9.18 Å². The van der Waals surface area contributed by atoms with Gasteiger partial charge in [-0.05, 0) is 68.1 Å². The van der Waals surface area contributed by atoms with Gasteiger partial charge in [0.25, 0.3) is 0 Å². The van der Waals surface area contributed by atoms with Crippen LogP contribution < -0.4 is 5.32 Å². The van der Waals surface area contributed by atoms with Crippen molar-refractivity contribution in [2.45, 2.75) is 44.9 Å². The Kier molecular flexibility index (Phi) is 9.50. The van der Waals surface area contributed by atoms with Crippen molar-refractivity contribution in [3.63, 3.8) is 0 Å². The maximum Gasteiger partial charge on any atom is 0.335 e. The van der Waals surface area contributed by atoms with E-state index < -0.39 is 24.0 Å². The van der Waals surface area contributed by atoms with Gasteiger partial charge >= 0.3 is 5.97 Å². The molecule has 3 aromatic rings. The highest BCUT2D eigenvalue weighted by molar-refractivity contribution is 6.42. The van der Waals surface area contributed by atoms with E-state index in [9.17, 15) is 14.3 Å². The van der Waals surface area contributed by atoms with E-state index in [1.807, 2.05) is 45.0 Å². The first-order valence-corrected chi connectivity index (χ1v) is 12.3. The molecule has 3 rings (SSSR count). The lowest BCUT2D eigenvalue weighted by Gasteiger charge is -2.28. The molecule has 0 aliphatic heterocycles. The van der Waals surface area contributed by atoms with Crippen molar-refractivity contribution >= 4 is 29.2 Å². The predicted molar refractivity (Wildman–Crippen MR) is 141 cm³/mol. The summed E-state index contributed by atoms with van der Waals surface area (Å²) in [6, 6.07) is 16.6. The number of benzene rings is 3. The third-order valence-corrected chi connectivity index (χ3v) is 6.63. The fourth-order valence-corrected chi connectivity index (χ4v) is 4.30. The molecule has 36 heavy (non-hydrogen) atoms. The summed E-state index contributed by atoms with van der Waals surface area (Å²) < 4.78 is 20.6. The third kappa shape index (κ3) is 7.51. The second-order valence-corrected chi connectivity index (χ2v) is 10.2. The van der Waals surface area contributed by atoms with Crippen LogP contribution in [0.3, 0.4) is 0 Å². The lowest BCUT2D eigenvalue weighted by molar-refractivity contribution is -0.00397. The summed E-state index contributed by atoms with van der Waals surface area (Å²) in [6.45, 7) is 6.29. The van der Waals surface area contributed by atoms with E-state index in [4.69, 9.17) is 33.0 Å². The van der Waals surface area contributed by atoms with Crippen LogP contribution in [0.2, 0.25) is 10.0 Å². The van der Waals surface area contributed by atoms with E-state index in [1.54, 1.807) is 18.2 Å². The molecule has 3 N–H and O–H groups in total. The number of hydrogen-bond acceptors (Lipinski definition) is 4. The van der Waals surface area contributed by atoms with Crippen LogP contribution in [0.1, 0.15) is 48.4 Å². The summed E-state index contributed by atoms with van der Waals surface area (Å²) in [4.78, 5) is 11.1. The Morgan fingerprint density at radius 1 is 1.06 bits per heavy atom. The zero-order valence-corrected chi connectivity index (χ0v) is 21.9. The molecule has 192 valence electrons. The molecular formula is C28H30Cl2FNO4. The van der Waals surface area contributed by atoms with Gasteiger partial charge in [0, 0.05) is 17.6 Å². The van der Waals surface area contributed by atoms with E-state index in [2.05, 4.69) is 5.32 Å². The van der Waals surface area contributed by atoms with Gasteiger partial charge < -0.3 is 20.3 Å². The Hall–Kier alpha value is -2.48. The van der Waals surface area contributed by atoms with Crippen molar-refractivity contribution in [1.29, 1.82) is 0 Å². The Balaban J connectivity index is 1.59. The molecule has 0 heterocycles. The Labute approximate surface area is 220 Å². The molecule has 0 aliphatic rings. The number of carboxylic acid groups (broad SMARTS) is 1. The van der Waals surface area contributed by atoms with Crippen LogP contribution in [0.4, 0.5) is 4.39 Å². The van der Waals surface area contributed by atoms with Gasteiger partial charge in [0.05, 0.1) is 34.4 Å². The molecule has 0 bridgehead atoms. The van der Waals surface area contributed by atoms with Crippen molar-refractivity contribution in [1.82, 2.24) is 5.32 Å². The highest BCUT2D eigenvalue weighted by Gasteiger charge is 2.21. The molecule has 0 fully saturated rings. The molecule has 0 unspecified atom stereocenters. The first kappa shape index (κ1) is 28.1. The van der Waals surface area contributed by atoms with Crippen LogP contribution in [0.25, 0.3) is 11.1 Å². The van der Waals surface area contributed by atoms with Crippen LogP contribution in [0.5, 0.6) is 0 Å². The molecule has 0 saturated heterocycles. The van der Waals surface area contributed by atoms with Gasteiger partial charge in [-0.15, -0.1) is 0 Å². The summed E-state index contributed by atoms with van der Waals surface area (Å²) >= 11 is 12.1. The van der Waals surface area contributed by atoms with E-state index >= 15 is 0 Å². The number of nitrogens with one attached hydrogen (secondary N) is 1. The minimum atomic E-state index is -1.19. The van der Waals surface area contributed by atoms with Crippen molar-refractivity contribution in [3.05, 3.63) is 93.2 Å². The molecular weight excluding hydrogens is 504 g/mol. The van der Waals surface area contributed by atoms with E-state index in [1.165, 1.54) is 12.1 Å². The average molecular weight is 534 g/mol. The van der Waals surface area contributed by atoms with E-state index in [-0.39, 0.29) is 23.3 Å². The number of carbonyl (C=O) groups is 1. The first-order valence-electron chi connectivity index (χ1n) is 11.6. The second-order valence-electron chi connectivity index (χ2n) is 9.41. The number of carboxylic acids is 1. The normalized spacial score (nSPS) is 13.4. The molecule has 5 nitrogen and oxygen atoms in total. The molecule has 0 spiro atoms. The molecule has 0 amide bonds. The smallest absolute Gasteiger partial charge is 0.335 e. The van der Waals surface area contributed by atoms with Crippen molar-refractivity contribution < 1.29 is 24.1 Å². The third-order valence-electron chi connectivity index (χ3n) is 5.89. The summed E-state index contributed by atoms with van der Waals surface area (Å²) in [6.07, 6.45) is -0.508. The fraction of sp³-hybridized carbons (Fsp3) is 0.321. The Morgan fingerprint density at radius 2 is 1.78 bits per heavy atom. The van der Waals surface area contributed by atoms with E-state index in [0.29, 0.717) is 28.6 Å². The van der Waals surface area contributed by atoms with Gasteiger partial charge in [-0.3, -0.25) is 0 Å². The number of aliphatic hydroxyl groups is 1. The molecule has 0 aromatic heterocycles. The number of β-amino-alcohol motifs (C(OH)–C–C–N with tert-alkyl or cyclic N) is 1. The van der Waals surface area contributed by atoms with Crippen molar-refractivity contribution in [3.8, 4) is 11.1 Å². The number of halogens is 3. The van der Waals surface area contributed by atoms with Crippen LogP contribution in [-0.4, -0.2) is 41.0 Å². The van der Waals surface area contributed by atoms with Crippen molar-refractivity contribution in [2.24, 2.45) is 0 Å². The van der Waals surface area contributed by atoms with Crippen LogP contribution in [0.15, 0.2) is 60.7 Å². The molecule has 8 heteroatoms. The lowest BCUT2D eigenvalue weighted by Crippen LogP contribution is -2.46. The molecule has 3 aromatic carbocycles. The predicted octanol–water partition coefficient (Wildman–Crippen LogP) is 6.55. The Morgan fingerprint density at radius 3 is 2.44 bits per heavy atom. The number of aromatic carboxylic acids is 1. The molecule has 0 radical (unpaired) electrons. The monoisotopic (exact) mass is 533 g/mol. The highest BCUT2D eigenvalue weighted by Crippen LogP contribution is 2.32. The van der Waals surface area contributed by atoms with Crippen molar-refractivity contribution in [2.75, 3.05) is 13.2 Å². The largest absolute Gasteiger partial charge is 0.478 e. The van der Waals surface area contributed by atoms with Gasteiger partial charge in [-0.1, -0.05) is 59.6 Å². The minimum Gasteiger partial charge on any atom is -0.478 e. The number of aliphatic hydroxyl groups excluding tert-OH is 1. The van der Waals surface area contributed by atoms with Crippen LogP contribution >= 0.6 is 23.2 Å². The number of ether oxygens (including phenoxy) is 1. The summed E-state index contributed by atoms with van der Waals surface area (Å²) in [5.74, 6) is -1.81. The topological polar surface area (TPSA) is 78.8 Å². The maximum absolute atomic E-state index is 14.7. The maximum atomic E-state index is 14.7. The fourth-order valence-electron chi connectivity index (χ4n) is 3.98. The van der Waals surface area contributed by atoms with Gasteiger partial charge in [0.15, 0.2) is 0 Å². The lowest BCUT2D eigenvalue weighted by atomic mass is 9.94. The SMILES string of the molecule is C[C@@H](OC[C@H](O)CNC(C)(C)Cc1ccc(Cl)c(Cl)c1)c1ccccc1-c1ccc(C(=O)O)cc1F. The molecule has 0 saturated carbocycles. The first-order chi connectivity index (χ1) is 17.0. The summed E-state index contributed by atoms with van der Waals surface area (Å²) in [5.41, 5.74) is 2.24. The minimum absolute atomic E-state index is 0.0752. The van der Waals surface area contributed by atoms with Gasteiger partial charge in [-0.2, -0.15) is 0 Å². The van der Waals surface area contributed by atoms with Crippen LogP contribution in [0, 0.1) is 5.82 Å². The quantitative estimate of drug-likeness (QED) is 0.260. The molecule has 2 atom stereocenters.